The van der Waals surface area contributed by atoms with Crippen molar-refractivity contribution in [3.63, 3.8) is 0 Å². The van der Waals surface area contributed by atoms with E-state index in [0.29, 0.717) is 29.6 Å². The average Bonchev–Trinajstić information content (AvgIpc) is 3.26. The van der Waals surface area contributed by atoms with Crippen LogP contribution in [0.4, 0.5) is 22.7 Å². The second kappa shape index (κ2) is 12.1. The monoisotopic (exact) mass is 516 g/mol. The van der Waals surface area contributed by atoms with Crippen LogP contribution >= 0.6 is 11.3 Å². The van der Waals surface area contributed by atoms with Crippen LogP contribution in [0.5, 0.6) is 0 Å². The largest absolute Gasteiger partial charge is 0.353 e. The van der Waals surface area contributed by atoms with Crippen LogP contribution < -0.4 is 10.6 Å². The van der Waals surface area contributed by atoms with Crippen LogP contribution in [-0.4, -0.2) is 0 Å². The molecule has 1 heterocycles. The minimum absolute atomic E-state index is 0.461. The molecule has 0 saturated heterocycles. The topological polar surface area (TPSA) is 24.1 Å². The number of benzene rings is 2. The SMILES string of the molecule is CC(C)c1cccc(C(C)C)c1Nc1csc(C2CCCCC2)c1Nc1c(C(C)C)cccc1C(C)C. The van der Waals surface area contributed by atoms with E-state index in [1.165, 1.54) is 82.0 Å². The van der Waals surface area contributed by atoms with Gasteiger partial charge in [-0.2, -0.15) is 0 Å². The lowest BCUT2D eigenvalue weighted by atomic mass is 9.87. The van der Waals surface area contributed by atoms with E-state index in [2.05, 4.69) is 108 Å². The van der Waals surface area contributed by atoms with E-state index in [-0.39, 0.29) is 0 Å². The van der Waals surface area contributed by atoms with Gasteiger partial charge in [-0.05, 0) is 64.7 Å². The van der Waals surface area contributed by atoms with E-state index in [1.807, 2.05) is 11.3 Å². The third kappa shape index (κ3) is 6.08. The van der Waals surface area contributed by atoms with Gasteiger partial charge in [0.25, 0.3) is 0 Å². The first-order chi connectivity index (χ1) is 17.7. The summed E-state index contributed by atoms with van der Waals surface area (Å²) in [6.45, 7) is 18.5. The normalized spacial score (nSPS) is 14.8. The lowest BCUT2D eigenvalue weighted by Gasteiger charge is -2.26. The molecule has 3 heteroatoms. The van der Waals surface area contributed by atoms with Gasteiger partial charge < -0.3 is 10.6 Å². The highest BCUT2D eigenvalue weighted by Crippen LogP contribution is 2.48. The molecule has 0 spiro atoms. The Balaban J connectivity index is 1.86. The van der Waals surface area contributed by atoms with Gasteiger partial charge in [-0.15, -0.1) is 11.3 Å². The van der Waals surface area contributed by atoms with Crippen molar-refractivity contribution in [2.75, 3.05) is 10.6 Å². The van der Waals surface area contributed by atoms with Gasteiger partial charge in [0.05, 0.1) is 11.4 Å². The Morgan fingerprint density at radius 3 is 1.46 bits per heavy atom. The van der Waals surface area contributed by atoms with E-state index in [0.717, 1.165) is 0 Å². The van der Waals surface area contributed by atoms with Crippen LogP contribution in [0.1, 0.15) is 144 Å². The molecule has 1 aliphatic carbocycles. The van der Waals surface area contributed by atoms with Crippen LogP contribution in [-0.2, 0) is 0 Å². The Kier molecular flexibility index (Phi) is 9.06. The minimum Gasteiger partial charge on any atom is -0.353 e. The Hall–Kier alpha value is -2.26. The van der Waals surface area contributed by atoms with E-state index in [9.17, 15) is 0 Å². The van der Waals surface area contributed by atoms with Crippen LogP contribution in [0, 0.1) is 0 Å². The maximum Gasteiger partial charge on any atom is 0.0768 e. The van der Waals surface area contributed by atoms with E-state index < -0.39 is 0 Å². The van der Waals surface area contributed by atoms with Gasteiger partial charge in [-0.1, -0.05) is 111 Å². The van der Waals surface area contributed by atoms with Crippen LogP contribution in [0.2, 0.25) is 0 Å². The number of rotatable bonds is 9. The summed E-state index contributed by atoms with van der Waals surface area (Å²) in [5.41, 5.74) is 10.7. The predicted octanol–water partition coefficient (Wildman–Crippen LogP) is 11.8. The quantitative estimate of drug-likeness (QED) is 0.295. The Bertz CT molecular complexity index is 1130. The summed E-state index contributed by atoms with van der Waals surface area (Å²) in [7, 11) is 0. The van der Waals surface area contributed by atoms with E-state index >= 15 is 0 Å². The molecule has 1 saturated carbocycles. The number of para-hydroxylation sites is 2. The van der Waals surface area contributed by atoms with E-state index in [4.69, 9.17) is 0 Å². The average molecular weight is 517 g/mol. The molecule has 0 aliphatic heterocycles. The molecular formula is C34H48N2S. The zero-order chi connectivity index (χ0) is 26.7. The van der Waals surface area contributed by atoms with Crippen molar-refractivity contribution in [1.29, 1.82) is 0 Å². The van der Waals surface area contributed by atoms with Gasteiger partial charge >= 0.3 is 0 Å². The fourth-order valence-electron chi connectivity index (χ4n) is 5.91. The Morgan fingerprint density at radius 1 is 0.595 bits per heavy atom. The lowest BCUT2D eigenvalue weighted by molar-refractivity contribution is 0.449. The molecule has 0 radical (unpaired) electrons. The summed E-state index contributed by atoms with van der Waals surface area (Å²) < 4.78 is 0. The lowest BCUT2D eigenvalue weighted by Crippen LogP contribution is -2.09. The van der Waals surface area contributed by atoms with Gasteiger partial charge in [-0.3, -0.25) is 0 Å². The molecule has 3 aromatic rings. The highest BCUT2D eigenvalue weighted by molar-refractivity contribution is 7.11. The number of thiophene rings is 1. The number of anilines is 4. The summed E-state index contributed by atoms with van der Waals surface area (Å²) in [6, 6.07) is 13.7. The summed E-state index contributed by atoms with van der Waals surface area (Å²) >= 11 is 1.95. The fourth-order valence-corrected chi connectivity index (χ4v) is 7.04. The number of nitrogens with one attached hydrogen (secondary N) is 2. The fraction of sp³-hybridized carbons (Fsp3) is 0.529. The zero-order valence-corrected chi connectivity index (χ0v) is 25.2. The highest BCUT2D eigenvalue weighted by Gasteiger charge is 2.26. The molecule has 4 rings (SSSR count). The van der Waals surface area contributed by atoms with Crippen molar-refractivity contribution in [3.8, 4) is 0 Å². The van der Waals surface area contributed by atoms with Gasteiger partial charge in [0.1, 0.15) is 0 Å². The van der Waals surface area contributed by atoms with E-state index in [1.54, 1.807) is 0 Å². The second-order valence-corrected chi connectivity index (χ2v) is 13.1. The third-order valence-electron chi connectivity index (χ3n) is 8.05. The molecule has 2 N–H and O–H groups in total. The first kappa shape index (κ1) is 27.8. The molecule has 37 heavy (non-hydrogen) atoms. The third-order valence-corrected chi connectivity index (χ3v) is 9.20. The van der Waals surface area contributed by atoms with Crippen molar-refractivity contribution >= 4 is 34.1 Å². The molecule has 0 atom stereocenters. The predicted molar refractivity (Wildman–Crippen MR) is 166 cm³/mol. The highest BCUT2D eigenvalue weighted by atomic mass is 32.1. The van der Waals surface area contributed by atoms with Crippen LogP contribution in [0.3, 0.4) is 0 Å². The second-order valence-electron chi connectivity index (χ2n) is 12.2. The van der Waals surface area contributed by atoms with Gasteiger partial charge in [0.2, 0.25) is 0 Å². The molecular weight excluding hydrogens is 468 g/mol. The summed E-state index contributed by atoms with van der Waals surface area (Å²) in [6.07, 6.45) is 6.67. The molecule has 1 fully saturated rings. The summed E-state index contributed by atoms with van der Waals surface area (Å²) in [5, 5.41) is 10.5. The summed E-state index contributed by atoms with van der Waals surface area (Å²) in [5.74, 6) is 2.49. The standard InChI is InChI=1S/C34H48N2S/c1-21(2)26-16-12-17-27(22(3)4)31(26)35-30-20-37-34(25-14-10-9-11-15-25)33(30)36-32-28(23(5)6)18-13-19-29(32)24(7)8/h12-13,16-25,35-36H,9-11,14-15H2,1-8H3. The maximum atomic E-state index is 4.08. The molecule has 0 amide bonds. The number of hydrogen-bond donors (Lipinski definition) is 2. The van der Waals surface area contributed by atoms with Crippen molar-refractivity contribution in [3.05, 3.63) is 68.9 Å². The van der Waals surface area contributed by atoms with Crippen molar-refractivity contribution in [2.45, 2.75) is 117 Å². The van der Waals surface area contributed by atoms with Crippen LogP contribution in [0.15, 0.2) is 41.8 Å². The maximum absolute atomic E-state index is 4.08. The smallest absolute Gasteiger partial charge is 0.0768 e. The summed E-state index contributed by atoms with van der Waals surface area (Å²) in [4.78, 5) is 1.53. The van der Waals surface area contributed by atoms with Crippen molar-refractivity contribution in [2.24, 2.45) is 0 Å². The van der Waals surface area contributed by atoms with Gasteiger partial charge in [-0.25, -0.2) is 0 Å². The molecule has 1 aromatic heterocycles. The first-order valence-corrected chi connectivity index (χ1v) is 15.5. The van der Waals surface area contributed by atoms with Crippen molar-refractivity contribution in [1.82, 2.24) is 0 Å². The minimum atomic E-state index is 0.461. The van der Waals surface area contributed by atoms with Crippen LogP contribution in [0.25, 0.3) is 0 Å². The molecule has 2 aromatic carbocycles. The molecule has 0 bridgehead atoms. The molecule has 200 valence electrons. The van der Waals surface area contributed by atoms with Gasteiger partial charge in [0.15, 0.2) is 0 Å². The first-order valence-electron chi connectivity index (χ1n) is 14.6. The molecule has 2 nitrogen and oxygen atoms in total. The van der Waals surface area contributed by atoms with Gasteiger partial charge in [0, 0.05) is 21.6 Å². The number of hydrogen-bond acceptors (Lipinski definition) is 3. The molecule has 0 unspecified atom stereocenters. The Labute approximate surface area is 230 Å². The molecule has 1 aliphatic rings. The Morgan fingerprint density at radius 2 is 1.03 bits per heavy atom. The zero-order valence-electron chi connectivity index (χ0n) is 24.4. The van der Waals surface area contributed by atoms with Crippen molar-refractivity contribution < 1.29 is 0 Å².